The molecule has 0 N–H and O–H groups in total. The Labute approximate surface area is 114 Å². The highest BCUT2D eigenvalue weighted by Crippen LogP contribution is 2.31. The standard InChI is InChI=1S/C9H13BrClNO2S2/c1-9(2,6-10)12(3)16(13,14)8-5-4-7(11)15-8/h4-5H,6H2,1-3H3. The van der Waals surface area contributed by atoms with Crippen LogP contribution in [0.25, 0.3) is 0 Å². The SMILES string of the molecule is CN(C(C)(C)CBr)S(=O)(=O)c1ccc(Cl)s1. The minimum absolute atomic E-state index is 0.272. The Morgan fingerprint density at radius 2 is 2.06 bits per heavy atom. The van der Waals surface area contributed by atoms with E-state index in [0.29, 0.717) is 9.67 Å². The van der Waals surface area contributed by atoms with Gasteiger partial charge in [0.15, 0.2) is 0 Å². The average Bonchev–Trinajstić information content (AvgIpc) is 2.64. The molecule has 92 valence electrons. The Bertz CT molecular complexity index is 470. The summed E-state index contributed by atoms with van der Waals surface area (Å²) in [6, 6.07) is 3.12. The highest BCUT2D eigenvalue weighted by molar-refractivity contribution is 9.09. The van der Waals surface area contributed by atoms with E-state index in [1.807, 2.05) is 13.8 Å². The second kappa shape index (κ2) is 4.94. The molecule has 0 bridgehead atoms. The number of thiophene rings is 1. The molecule has 1 aromatic rings. The molecular formula is C9H13BrClNO2S2. The molecule has 0 fully saturated rings. The van der Waals surface area contributed by atoms with E-state index < -0.39 is 15.6 Å². The van der Waals surface area contributed by atoms with Crippen molar-refractivity contribution in [1.29, 1.82) is 0 Å². The van der Waals surface area contributed by atoms with Crippen LogP contribution in [0.2, 0.25) is 4.34 Å². The first kappa shape index (κ1) is 14.4. The molecule has 0 aliphatic heterocycles. The third kappa shape index (κ3) is 2.79. The topological polar surface area (TPSA) is 37.4 Å². The predicted molar refractivity (Wildman–Crippen MR) is 72.2 cm³/mol. The van der Waals surface area contributed by atoms with Crippen LogP contribution in [-0.2, 0) is 10.0 Å². The Hall–Kier alpha value is 0.380. The van der Waals surface area contributed by atoms with Crippen LogP contribution in [0.15, 0.2) is 16.3 Å². The Balaban J connectivity index is 3.13. The van der Waals surface area contributed by atoms with Crippen molar-refractivity contribution in [1.82, 2.24) is 4.31 Å². The van der Waals surface area contributed by atoms with E-state index in [2.05, 4.69) is 15.9 Å². The van der Waals surface area contributed by atoms with Crippen molar-refractivity contribution in [3.63, 3.8) is 0 Å². The second-order valence-electron chi connectivity index (χ2n) is 3.98. The Morgan fingerprint density at radius 1 is 1.50 bits per heavy atom. The molecule has 0 radical (unpaired) electrons. The lowest BCUT2D eigenvalue weighted by Gasteiger charge is -2.32. The molecule has 1 aromatic heterocycles. The fourth-order valence-corrected chi connectivity index (χ4v) is 4.69. The van der Waals surface area contributed by atoms with E-state index in [4.69, 9.17) is 11.6 Å². The van der Waals surface area contributed by atoms with Gasteiger partial charge in [0.1, 0.15) is 4.21 Å². The van der Waals surface area contributed by atoms with Gasteiger partial charge in [-0.05, 0) is 26.0 Å². The number of rotatable bonds is 4. The summed E-state index contributed by atoms with van der Waals surface area (Å²) in [6.07, 6.45) is 0. The minimum atomic E-state index is -3.45. The van der Waals surface area contributed by atoms with Gasteiger partial charge >= 0.3 is 0 Å². The Kier molecular flexibility index (Phi) is 4.46. The molecule has 16 heavy (non-hydrogen) atoms. The van der Waals surface area contributed by atoms with Gasteiger partial charge in [-0.25, -0.2) is 8.42 Å². The van der Waals surface area contributed by atoms with Crippen molar-refractivity contribution >= 4 is 48.9 Å². The van der Waals surface area contributed by atoms with E-state index in [-0.39, 0.29) is 4.21 Å². The van der Waals surface area contributed by atoms with Crippen LogP contribution in [-0.4, -0.2) is 30.6 Å². The molecule has 0 amide bonds. The zero-order chi connectivity index (χ0) is 12.6. The summed E-state index contributed by atoms with van der Waals surface area (Å²) in [6.45, 7) is 3.71. The molecule has 0 saturated heterocycles. The van der Waals surface area contributed by atoms with Gasteiger partial charge in [-0.1, -0.05) is 27.5 Å². The van der Waals surface area contributed by atoms with Gasteiger partial charge in [-0.15, -0.1) is 11.3 Å². The van der Waals surface area contributed by atoms with Gasteiger partial charge in [0.05, 0.1) is 4.34 Å². The normalized spacial score (nSPS) is 13.4. The van der Waals surface area contributed by atoms with E-state index in [0.717, 1.165) is 11.3 Å². The monoisotopic (exact) mass is 345 g/mol. The van der Waals surface area contributed by atoms with Crippen molar-refractivity contribution in [3.05, 3.63) is 16.5 Å². The zero-order valence-corrected chi connectivity index (χ0v) is 13.2. The molecule has 7 heteroatoms. The van der Waals surface area contributed by atoms with Crippen LogP contribution >= 0.6 is 38.9 Å². The minimum Gasteiger partial charge on any atom is -0.206 e. The lowest BCUT2D eigenvalue weighted by molar-refractivity contribution is 0.300. The number of hydrogen-bond donors (Lipinski definition) is 0. The number of halogens is 2. The van der Waals surface area contributed by atoms with Gasteiger partial charge in [0.2, 0.25) is 0 Å². The van der Waals surface area contributed by atoms with Crippen LogP contribution in [0.3, 0.4) is 0 Å². The summed E-state index contributed by atoms with van der Waals surface area (Å²) in [4.78, 5) is 0. The summed E-state index contributed by atoms with van der Waals surface area (Å²) in [7, 11) is -1.88. The molecule has 0 spiro atoms. The third-order valence-electron chi connectivity index (χ3n) is 2.34. The van der Waals surface area contributed by atoms with Gasteiger partial charge in [0.25, 0.3) is 10.0 Å². The number of nitrogens with zero attached hydrogens (tertiary/aromatic N) is 1. The molecule has 0 aliphatic rings. The van der Waals surface area contributed by atoms with Gasteiger partial charge < -0.3 is 0 Å². The molecule has 1 heterocycles. The first-order valence-electron chi connectivity index (χ1n) is 4.52. The van der Waals surface area contributed by atoms with Crippen molar-refractivity contribution in [3.8, 4) is 0 Å². The molecule has 3 nitrogen and oxygen atoms in total. The Morgan fingerprint density at radius 3 is 2.44 bits per heavy atom. The first-order valence-corrected chi connectivity index (χ1v) is 8.28. The van der Waals surface area contributed by atoms with Crippen LogP contribution in [0.1, 0.15) is 13.8 Å². The maximum Gasteiger partial charge on any atom is 0.252 e. The average molecular weight is 347 g/mol. The van der Waals surface area contributed by atoms with Crippen LogP contribution in [0.4, 0.5) is 0 Å². The fourth-order valence-electron chi connectivity index (χ4n) is 0.981. The molecule has 0 atom stereocenters. The largest absolute Gasteiger partial charge is 0.252 e. The fraction of sp³-hybridized carbons (Fsp3) is 0.556. The smallest absolute Gasteiger partial charge is 0.206 e. The predicted octanol–water partition coefficient (Wildman–Crippen LogP) is 3.20. The quantitative estimate of drug-likeness (QED) is 0.785. The lowest BCUT2D eigenvalue weighted by atomic mass is 10.1. The maximum absolute atomic E-state index is 12.2. The summed E-state index contributed by atoms with van der Waals surface area (Å²) in [5, 5.41) is 0.564. The van der Waals surface area contributed by atoms with Crippen molar-refractivity contribution in [2.24, 2.45) is 0 Å². The van der Waals surface area contributed by atoms with Crippen molar-refractivity contribution in [2.45, 2.75) is 23.6 Å². The summed E-state index contributed by atoms with van der Waals surface area (Å²) in [5.41, 5.74) is -0.477. The number of hydrogen-bond acceptors (Lipinski definition) is 3. The number of sulfonamides is 1. The van der Waals surface area contributed by atoms with Crippen molar-refractivity contribution in [2.75, 3.05) is 12.4 Å². The highest BCUT2D eigenvalue weighted by Gasteiger charge is 2.34. The molecule has 0 aliphatic carbocycles. The van der Waals surface area contributed by atoms with Crippen molar-refractivity contribution < 1.29 is 8.42 Å². The zero-order valence-electron chi connectivity index (χ0n) is 9.20. The van der Waals surface area contributed by atoms with Crippen LogP contribution in [0.5, 0.6) is 0 Å². The summed E-state index contributed by atoms with van der Waals surface area (Å²) in [5.74, 6) is 0. The summed E-state index contributed by atoms with van der Waals surface area (Å²) >= 11 is 10.1. The lowest BCUT2D eigenvalue weighted by Crippen LogP contribution is -2.45. The molecule has 0 unspecified atom stereocenters. The van der Waals surface area contributed by atoms with Gasteiger partial charge in [-0.3, -0.25) is 0 Å². The van der Waals surface area contributed by atoms with Crippen LogP contribution in [0, 0.1) is 0 Å². The van der Waals surface area contributed by atoms with Crippen LogP contribution < -0.4 is 0 Å². The van der Waals surface area contributed by atoms with Gasteiger partial charge in [0, 0.05) is 17.9 Å². The molecule has 1 rings (SSSR count). The van der Waals surface area contributed by atoms with E-state index in [9.17, 15) is 8.42 Å². The molecule has 0 saturated carbocycles. The molecule has 0 aromatic carbocycles. The third-order valence-corrected chi connectivity index (χ3v) is 7.48. The second-order valence-corrected chi connectivity index (χ2v) is 8.45. The first-order chi connectivity index (χ1) is 7.21. The van der Waals surface area contributed by atoms with E-state index in [1.54, 1.807) is 13.1 Å². The van der Waals surface area contributed by atoms with E-state index >= 15 is 0 Å². The highest BCUT2D eigenvalue weighted by atomic mass is 79.9. The van der Waals surface area contributed by atoms with Gasteiger partial charge in [-0.2, -0.15) is 4.31 Å². The summed E-state index contributed by atoms with van der Waals surface area (Å²) < 4.78 is 26.5. The maximum atomic E-state index is 12.2. The molecular weight excluding hydrogens is 334 g/mol. The number of alkyl halides is 1. The van der Waals surface area contributed by atoms with E-state index in [1.165, 1.54) is 10.4 Å².